The van der Waals surface area contributed by atoms with Gasteiger partial charge in [-0.2, -0.15) is 0 Å². The number of anilines is 1. The lowest BCUT2D eigenvalue weighted by Gasteiger charge is -2.03. The Hall–Kier alpha value is -0.800. The molecule has 0 spiro atoms. The minimum absolute atomic E-state index is 0.0980. The van der Waals surface area contributed by atoms with Crippen molar-refractivity contribution in [2.75, 3.05) is 5.32 Å². The fraction of sp³-hybridized carbons (Fsp3) is 0. The minimum atomic E-state index is -0.873. The van der Waals surface area contributed by atoms with Gasteiger partial charge in [-0.15, -0.1) is 0 Å². The molecule has 5 heteroatoms. The standard InChI is InChI=1S/C7H4Cl2FNO/c8-4-2-1-3-5(10)6(4)11-7(9)12/h1-3H,(H,11,12). The lowest BCUT2D eigenvalue weighted by molar-refractivity contribution is 0.269. The molecule has 0 aliphatic rings. The fourth-order valence-corrected chi connectivity index (χ4v) is 1.02. The lowest BCUT2D eigenvalue weighted by Crippen LogP contribution is -2.03. The topological polar surface area (TPSA) is 29.1 Å². The van der Waals surface area contributed by atoms with E-state index in [1.54, 1.807) is 0 Å². The van der Waals surface area contributed by atoms with Crippen molar-refractivity contribution >= 4 is 34.3 Å². The smallest absolute Gasteiger partial charge is 0.309 e. The normalized spacial score (nSPS) is 9.58. The first kappa shape index (κ1) is 9.29. The van der Waals surface area contributed by atoms with E-state index in [0.717, 1.165) is 0 Å². The fourth-order valence-electron chi connectivity index (χ4n) is 0.716. The van der Waals surface area contributed by atoms with Gasteiger partial charge in [-0.1, -0.05) is 17.7 Å². The molecule has 0 bridgehead atoms. The van der Waals surface area contributed by atoms with Gasteiger partial charge in [0.25, 0.3) is 0 Å². The molecule has 0 aliphatic carbocycles. The molecule has 0 radical (unpaired) electrons. The van der Waals surface area contributed by atoms with Gasteiger partial charge in [0.15, 0.2) is 0 Å². The van der Waals surface area contributed by atoms with Crippen molar-refractivity contribution in [1.29, 1.82) is 0 Å². The minimum Gasteiger partial charge on any atom is -0.309 e. The van der Waals surface area contributed by atoms with Gasteiger partial charge in [-0.25, -0.2) is 4.39 Å². The summed E-state index contributed by atoms with van der Waals surface area (Å²) in [7, 11) is 0. The zero-order valence-corrected chi connectivity index (χ0v) is 7.29. The third kappa shape index (κ3) is 2.09. The molecule has 1 amide bonds. The van der Waals surface area contributed by atoms with Crippen LogP contribution in [0.4, 0.5) is 14.9 Å². The predicted octanol–water partition coefficient (Wildman–Crippen LogP) is 3.25. The number of carbonyl (C=O) groups excluding carboxylic acids is 1. The SMILES string of the molecule is O=C(Cl)Nc1c(F)cccc1Cl. The predicted molar refractivity (Wildman–Crippen MR) is 46.3 cm³/mol. The summed E-state index contributed by atoms with van der Waals surface area (Å²) in [5, 5.41) is 1.30. The Bertz CT molecular complexity index is 296. The number of nitrogens with one attached hydrogen (secondary N) is 1. The summed E-state index contributed by atoms with van der Waals surface area (Å²) < 4.78 is 12.9. The van der Waals surface area contributed by atoms with Crippen LogP contribution in [0.3, 0.4) is 0 Å². The molecular weight excluding hydrogens is 204 g/mol. The van der Waals surface area contributed by atoms with Crippen molar-refractivity contribution in [3.8, 4) is 0 Å². The first-order valence-electron chi connectivity index (χ1n) is 3.02. The van der Waals surface area contributed by atoms with E-state index in [1.165, 1.54) is 18.2 Å². The van der Waals surface area contributed by atoms with E-state index in [1.807, 2.05) is 0 Å². The van der Waals surface area contributed by atoms with Crippen LogP contribution in [-0.4, -0.2) is 5.37 Å². The molecule has 0 unspecified atom stereocenters. The second-order valence-electron chi connectivity index (χ2n) is 2.00. The first-order valence-corrected chi connectivity index (χ1v) is 3.77. The summed E-state index contributed by atoms with van der Waals surface area (Å²) in [6, 6.07) is 4.06. The van der Waals surface area contributed by atoms with Crippen LogP contribution >= 0.6 is 23.2 Å². The molecule has 0 aromatic heterocycles. The summed E-state index contributed by atoms with van der Waals surface area (Å²) in [5.74, 6) is -0.614. The van der Waals surface area contributed by atoms with Crippen LogP contribution in [0.25, 0.3) is 0 Å². The van der Waals surface area contributed by atoms with Crippen molar-refractivity contribution < 1.29 is 9.18 Å². The van der Waals surface area contributed by atoms with E-state index in [2.05, 4.69) is 5.32 Å². The largest absolute Gasteiger partial charge is 0.318 e. The van der Waals surface area contributed by atoms with Crippen LogP contribution in [0.1, 0.15) is 0 Å². The van der Waals surface area contributed by atoms with Gasteiger partial charge in [-0.3, -0.25) is 4.79 Å². The molecule has 1 aromatic carbocycles. The molecule has 12 heavy (non-hydrogen) atoms. The number of para-hydroxylation sites is 1. The number of hydrogen-bond donors (Lipinski definition) is 1. The summed E-state index contributed by atoms with van der Waals surface area (Å²) >= 11 is 10.5. The van der Waals surface area contributed by atoms with E-state index in [4.69, 9.17) is 23.2 Å². The summed E-state index contributed by atoms with van der Waals surface area (Å²) in [5.41, 5.74) is -0.0980. The molecule has 0 saturated heterocycles. The van der Waals surface area contributed by atoms with Crippen molar-refractivity contribution in [2.24, 2.45) is 0 Å². The van der Waals surface area contributed by atoms with Crippen LogP contribution in [0.5, 0.6) is 0 Å². The Kier molecular flexibility index (Phi) is 2.89. The van der Waals surface area contributed by atoms with Crippen LogP contribution in [0.15, 0.2) is 18.2 Å². The van der Waals surface area contributed by atoms with Crippen molar-refractivity contribution in [2.45, 2.75) is 0 Å². The zero-order chi connectivity index (χ0) is 9.14. The highest BCUT2D eigenvalue weighted by molar-refractivity contribution is 6.66. The van der Waals surface area contributed by atoms with Gasteiger partial charge in [0, 0.05) is 0 Å². The average Bonchev–Trinajstić information content (AvgIpc) is 1.97. The van der Waals surface area contributed by atoms with E-state index >= 15 is 0 Å². The third-order valence-corrected chi connectivity index (χ3v) is 1.60. The number of hydrogen-bond acceptors (Lipinski definition) is 1. The van der Waals surface area contributed by atoms with E-state index in [9.17, 15) is 9.18 Å². The number of rotatable bonds is 1. The highest BCUT2D eigenvalue weighted by Crippen LogP contribution is 2.24. The monoisotopic (exact) mass is 207 g/mol. The van der Waals surface area contributed by atoms with E-state index in [0.29, 0.717) is 0 Å². The Morgan fingerprint density at radius 2 is 2.17 bits per heavy atom. The Morgan fingerprint density at radius 3 is 2.67 bits per heavy atom. The maximum absolute atomic E-state index is 12.9. The maximum Gasteiger partial charge on any atom is 0.318 e. The highest BCUT2D eigenvalue weighted by atomic mass is 35.5. The van der Waals surface area contributed by atoms with Crippen molar-refractivity contribution in [1.82, 2.24) is 0 Å². The Balaban J connectivity index is 3.04. The first-order chi connectivity index (χ1) is 5.61. The van der Waals surface area contributed by atoms with Crippen molar-refractivity contribution in [3.63, 3.8) is 0 Å². The van der Waals surface area contributed by atoms with Crippen molar-refractivity contribution in [3.05, 3.63) is 29.0 Å². The molecule has 0 atom stereocenters. The van der Waals surface area contributed by atoms with Gasteiger partial charge in [0.2, 0.25) is 0 Å². The second-order valence-corrected chi connectivity index (χ2v) is 2.75. The summed E-state index contributed by atoms with van der Waals surface area (Å²) in [4.78, 5) is 10.3. The van der Waals surface area contributed by atoms with Crippen LogP contribution in [0.2, 0.25) is 5.02 Å². The molecule has 0 fully saturated rings. The average molecular weight is 208 g/mol. The molecule has 1 aromatic rings. The maximum atomic E-state index is 12.9. The number of carbonyl (C=O) groups is 1. The van der Waals surface area contributed by atoms with Gasteiger partial charge in [-0.05, 0) is 23.7 Å². The van der Waals surface area contributed by atoms with E-state index < -0.39 is 11.2 Å². The molecule has 64 valence electrons. The number of amides is 1. The third-order valence-electron chi connectivity index (χ3n) is 1.19. The Morgan fingerprint density at radius 1 is 1.50 bits per heavy atom. The second kappa shape index (κ2) is 3.74. The van der Waals surface area contributed by atoms with Gasteiger partial charge in [0.1, 0.15) is 5.82 Å². The van der Waals surface area contributed by atoms with Gasteiger partial charge >= 0.3 is 5.37 Å². The molecule has 0 aliphatic heterocycles. The molecule has 0 saturated carbocycles. The number of benzene rings is 1. The zero-order valence-electron chi connectivity index (χ0n) is 5.77. The molecule has 1 rings (SSSR count). The van der Waals surface area contributed by atoms with E-state index in [-0.39, 0.29) is 10.7 Å². The van der Waals surface area contributed by atoms with Crippen LogP contribution < -0.4 is 5.32 Å². The summed E-state index contributed by atoms with van der Waals surface area (Å²) in [6.45, 7) is 0. The molecule has 0 heterocycles. The summed E-state index contributed by atoms with van der Waals surface area (Å²) in [6.07, 6.45) is 0. The molecular formula is C7H4Cl2FNO. The van der Waals surface area contributed by atoms with Gasteiger partial charge < -0.3 is 5.32 Å². The molecule has 1 N–H and O–H groups in total. The number of halogens is 3. The Labute approximate surface area is 78.3 Å². The lowest BCUT2D eigenvalue weighted by atomic mass is 10.3. The van der Waals surface area contributed by atoms with Gasteiger partial charge in [0.05, 0.1) is 10.7 Å². The molecule has 2 nitrogen and oxygen atoms in total. The quantitative estimate of drug-likeness (QED) is 0.556. The van der Waals surface area contributed by atoms with Crippen LogP contribution in [-0.2, 0) is 0 Å². The highest BCUT2D eigenvalue weighted by Gasteiger charge is 2.07. The van der Waals surface area contributed by atoms with Crippen LogP contribution in [0, 0.1) is 5.82 Å².